The van der Waals surface area contributed by atoms with Crippen LogP contribution in [0, 0.1) is 5.82 Å². The van der Waals surface area contributed by atoms with E-state index in [1.165, 1.54) is 0 Å². The summed E-state index contributed by atoms with van der Waals surface area (Å²) in [5.74, 6) is 0.0183. The van der Waals surface area contributed by atoms with Crippen LogP contribution >= 0.6 is 0 Å². The maximum absolute atomic E-state index is 12.5. The van der Waals surface area contributed by atoms with Crippen molar-refractivity contribution in [3.05, 3.63) is 18.2 Å². The molecule has 1 fully saturated rings. The van der Waals surface area contributed by atoms with Gasteiger partial charge in [-0.1, -0.05) is 0 Å². The molecule has 0 radical (unpaired) electrons. The van der Waals surface area contributed by atoms with E-state index in [0.29, 0.717) is 5.95 Å². The zero-order chi connectivity index (χ0) is 10.7. The van der Waals surface area contributed by atoms with Crippen molar-refractivity contribution in [2.75, 3.05) is 11.9 Å². The molecule has 1 aromatic rings. The number of rotatable bonds is 3. The standard InChI is InChI=1S/C10H14FN3O/c1-7(9-3-2-4-15-9)14-10-12-5-8(11)6-13-10/h5-7,9H,2-4H2,1H3,(H,12,13,14). The molecular weight excluding hydrogens is 197 g/mol. The van der Waals surface area contributed by atoms with Crippen molar-refractivity contribution in [2.24, 2.45) is 0 Å². The number of halogens is 1. The second-order valence-corrected chi connectivity index (χ2v) is 3.71. The highest BCUT2D eigenvalue weighted by Gasteiger charge is 2.22. The van der Waals surface area contributed by atoms with Gasteiger partial charge in [0.05, 0.1) is 24.5 Å². The van der Waals surface area contributed by atoms with Crippen molar-refractivity contribution in [3.63, 3.8) is 0 Å². The smallest absolute Gasteiger partial charge is 0.223 e. The summed E-state index contributed by atoms with van der Waals surface area (Å²) in [7, 11) is 0. The van der Waals surface area contributed by atoms with Crippen LogP contribution in [-0.4, -0.2) is 28.7 Å². The molecule has 1 saturated heterocycles. The van der Waals surface area contributed by atoms with Gasteiger partial charge in [-0.2, -0.15) is 0 Å². The molecule has 0 spiro atoms. The average Bonchev–Trinajstić information content (AvgIpc) is 2.74. The fourth-order valence-electron chi connectivity index (χ4n) is 1.68. The molecule has 0 saturated carbocycles. The van der Waals surface area contributed by atoms with Crippen molar-refractivity contribution >= 4 is 5.95 Å². The largest absolute Gasteiger partial charge is 0.376 e. The molecule has 2 rings (SSSR count). The highest BCUT2D eigenvalue weighted by atomic mass is 19.1. The first kappa shape index (κ1) is 10.3. The minimum Gasteiger partial charge on any atom is -0.376 e. The summed E-state index contributed by atoms with van der Waals surface area (Å²) in [6, 6.07) is 0.151. The molecule has 1 aliphatic rings. The van der Waals surface area contributed by atoms with Gasteiger partial charge in [0, 0.05) is 6.61 Å². The van der Waals surface area contributed by atoms with E-state index in [4.69, 9.17) is 4.74 Å². The SMILES string of the molecule is CC(Nc1ncc(F)cn1)C1CCCO1. The van der Waals surface area contributed by atoms with E-state index in [2.05, 4.69) is 15.3 Å². The molecule has 0 bridgehead atoms. The van der Waals surface area contributed by atoms with Crippen LogP contribution in [0.3, 0.4) is 0 Å². The monoisotopic (exact) mass is 211 g/mol. The summed E-state index contributed by atoms with van der Waals surface area (Å²) in [4.78, 5) is 7.67. The zero-order valence-corrected chi connectivity index (χ0v) is 8.61. The Balaban J connectivity index is 1.92. The summed E-state index contributed by atoms with van der Waals surface area (Å²) in [6.07, 6.45) is 4.66. The molecule has 0 aliphatic carbocycles. The predicted octanol–water partition coefficient (Wildman–Crippen LogP) is 1.60. The van der Waals surface area contributed by atoms with Crippen LogP contribution < -0.4 is 5.32 Å². The lowest BCUT2D eigenvalue weighted by atomic mass is 10.1. The summed E-state index contributed by atoms with van der Waals surface area (Å²) in [5.41, 5.74) is 0. The lowest BCUT2D eigenvalue weighted by Gasteiger charge is -2.19. The number of hydrogen-bond donors (Lipinski definition) is 1. The number of aromatic nitrogens is 2. The van der Waals surface area contributed by atoms with Gasteiger partial charge in [-0.3, -0.25) is 0 Å². The molecular formula is C10H14FN3O. The molecule has 15 heavy (non-hydrogen) atoms. The first-order valence-electron chi connectivity index (χ1n) is 5.11. The molecule has 82 valence electrons. The van der Waals surface area contributed by atoms with Gasteiger partial charge in [0.15, 0.2) is 5.82 Å². The van der Waals surface area contributed by atoms with Gasteiger partial charge in [-0.25, -0.2) is 14.4 Å². The third kappa shape index (κ3) is 2.62. The highest BCUT2D eigenvalue weighted by molar-refractivity contribution is 5.24. The molecule has 0 aromatic carbocycles. The second kappa shape index (κ2) is 4.53. The van der Waals surface area contributed by atoms with E-state index in [1.54, 1.807) is 0 Å². The van der Waals surface area contributed by atoms with Gasteiger partial charge in [-0.05, 0) is 19.8 Å². The van der Waals surface area contributed by atoms with Crippen LogP contribution in [0.1, 0.15) is 19.8 Å². The van der Waals surface area contributed by atoms with E-state index in [9.17, 15) is 4.39 Å². The van der Waals surface area contributed by atoms with Crippen molar-refractivity contribution in [3.8, 4) is 0 Å². The lowest BCUT2D eigenvalue weighted by Crippen LogP contribution is -2.30. The van der Waals surface area contributed by atoms with Gasteiger partial charge in [0.2, 0.25) is 5.95 Å². The Hall–Kier alpha value is -1.23. The average molecular weight is 211 g/mol. The van der Waals surface area contributed by atoms with E-state index < -0.39 is 5.82 Å². The Morgan fingerprint density at radius 1 is 1.53 bits per heavy atom. The predicted molar refractivity (Wildman–Crippen MR) is 54.0 cm³/mol. The van der Waals surface area contributed by atoms with E-state index >= 15 is 0 Å². The van der Waals surface area contributed by atoms with Crippen LogP contribution in [0.15, 0.2) is 12.4 Å². The van der Waals surface area contributed by atoms with E-state index in [0.717, 1.165) is 31.8 Å². The number of ether oxygens (including phenoxy) is 1. The molecule has 5 heteroatoms. The van der Waals surface area contributed by atoms with Gasteiger partial charge in [0.25, 0.3) is 0 Å². The minimum atomic E-state index is -0.426. The lowest BCUT2D eigenvalue weighted by molar-refractivity contribution is 0.0994. The Labute approximate surface area is 87.9 Å². The minimum absolute atomic E-state index is 0.151. The van der Waals surface area contributed by atoms with Crippen molar-refractivity contribution in [2.45, 2.75) is 31.9 Å². The second-order valence-electron chi connectivity index (χ2n) is 3.71. The van der Waals surface area contributed by atoms with Gasteiger partial charge >= 0.3 is 0 Å². The van der Waals surface area contributed by atoms with Crippen LogP contribution in [0.4, 0.5) is 10.3 Å². The van der Waals surface area contributed by atoms with Crippen LogP contribution in [0.5, 0.6) is 0 Å². The van der Waals surface area contributed by atoms with E-state index in [-0.39, 0.29) is 12.1 Å². The highest BCUT2D eigenvalue weighted by Crippen LogP contribution is 2.17. The van der Waals surface area contributed by atoms with Crippen LogP contribution in [0.25, 0.3) is 0 Å². The Morgan fingerprint density at radius 3 is 2.87 bits per heavy atom. The summed E-state index contributed by atoms with van der Waals surface area (Å²) in [5, 5.41) is 3.10. The van der Waals surface area contributed by atoms with Crippen molar-refractivity contribution < 1.29 is 9.13 Å². The van der Waals surface area contributed by atoms with Crippen LogP contribution in [-0.2, 0) is 4.74 Å². The fourth-order valence-corrected chi connectivity index (χ4v) is 1.68. The maximum atomic E-state index is 12.5. The normalized spacial score (nSPS) is 22.7. The molecule has 1 N–H and O–H groups in total. The number of nitrogens with one attached hydrogen (secondary N) is 1. The third-order valence-electron chi connectivity index (χ3n) is 2.50. The quantitative estimate of drug-likeness (QED) is 0.824. The van der Waals surface area contributed by atoms with Crippen molar-refractivity contribution in [1.29, 1.82) is 0 Å². The van der Waals surface area contributed by atoms with Gasteiger partial charge in [-0.15, -0.1) is 0 Å². The Bertz CT molecular complexity index is 311. The first-order valence-corrected chi connectivity index (χ1v) is 5.11. The molecule has 4 nitrogen and oxygen atoms in total. The van der Waals surface area contributed by atoms with Gasteiger partial charge in [0.1, 0.15) is 0 Å². The molecule has 2 unspecified atom stereocenters. The Kier molecular flexibility index (Phi) is 3.11. The number of nitrogens with zero attached hydrogens (tertiary/aromatic N) is 2. The molecule has 0 amide bonds. The fraction of sp³-hybridized carbons (Fsp3) is 0.600. The summed E-state index contributed by atoms with van der Waals surface area (Å²) < 4.78 is 18.1. The van der Waals surface area contributed by atoms with E-state index in [1.807, 2.05) is 6.92 Å². The molecule has 2 atom stereocenters. The Morgan fingerprint density at radius 2 is 2.27 bits per heavy atom. The van der Waals surface area contributed by atoms with Crippen molar-refractivity contribution in [1.82, 2.24) is 9.97 Å². The maximum Gasteiger partial charge on any atom is 0.223 e. The van der Waals surface area contributed by atoms with Gasteiger partial charge < -0.3 is 10.1 Å². The third-order valence-corrected chi connectivity index (χ3v) is 2.50. The van der Waals surface area contributed by atoms with Crippen LogP contribution in [0.2, 0.25) is 0 Å². The molecule has 2 heterocycles. The topological polar surface area (TPSA) is 47.0 Å². The molecule has 1 aliphatic heterocycles. The zero-order valence-electron chi connectivity index (χ0n) is 8.61. The first-order chi connectivity index (χ1) is 7.25. The summed E-state index contributed by atoms with van der Waals surface area (Å²) >= 11 is 0. The summed E-state index contributed by atoms with van der Waals surface area (Å²) in [6.45, 7) is 2.84. The number of anilines is 1. The molecule has 1 aromatic heterocycles. The number of hydrogen-bond acceptors (Lipinski definition) is 4.